The predicted octanol–water partition coefficient (Wildman–Crippen LogP) is 6.86. The molecular weight excluding hydrogens is 544 g/mol. The quantitative estimate of drug-likeness (QED) is 0.225. The number of unbranched alkanes of at least 4 members (excludes halogenated alkanes) is 1. The maximum Gasteiger partial charge on any atom is 0.243 e. The summed E-state index contributed by atoms with van der Waals surface area (Å²) in [4.78, 5) is 29.0. The second kappa shape index (κ2) is 15.0. The van der Waals surface area contributed by atoms with Gasteiger partial charge in [-0.3, -0.25) is 9.59 Å². The first-order chi connectivity index (χ1) is 17.9. The van der Waals surface area contributed by atoms with Gasteiger partial charge in [-0.2, -0.15) is 0 Å². The van der Waals surface area contributed by atoms with E-state index in [1.165, 1.54) is 16.7 Å². The summed E-state index contributed by atoms with van der Waals surface area (Å²) >= 11 is 5.09. The number of amides is 2. The Kier molecular flexibility index (Phi) is 11.7. The van der Waals surface area contributed by atoms with Crippen molar-refractivity contribution in [1.29, 1.82) is 0 Å². The van der Waals surface area contributed by atoms with Gasteiger partial charge in [0.25, 0.3) is 0 Å². The highest BCUT2D eigenvalue weighted by Gasteiger charge is 2.30. The van der Waals surface area contributed by atoms with Crippen molar-refractivity contribution in [3.8, 4) is 0 Å². The summed E-state index contributed by atoms with van der Waals surface area (Å²) in [7, 11) is 0. The molecule has 6 heteroatoms. The number of halogens is 1. The van der Waals surface area contributed by atoms with E-state index < -0.39 is 6.04 Å². The Bertz CT molecular complexity index is 1130. The predicted molar refractivity (Wildman–Crippen MR) is 159 cm³/mol. The van der Waals surface area contributed by atoms with Crippen LogP contribution in [0.3, 0.4) is 0 Å². The minimum atomic E-state index is -0.586. The van der Waals surface area contributed by atoms with E-state index in [-0.39, 0.29) is 11.8 Å². The molecule has 0 aliphatic heterocycles. The summed E-state index contributed by atoms with van der Waals surface area (Å²) < 4.78 is 0.983. The van der Waals surface area contributed by atoms with E-state index >= 15 is 0 Å². The van der Waals surface area contributed by atoms with Crippen molar-refractivity contribution in [3.63, 3.8) is 0 Å². The van der Waals surface area contributed by atoms with Crippen molar-refractivity contribution in [2.45, 2.75) is 58.4 Å². The molecule has 1 unspecified atom stereocenters. The molecule has 0 heterocycles. The SMILES string of the molecule is CCCCNC(=O)C(Cc1ccccc1)N(Cc1ccc(Br)cc1)C(=O)CSCc1cc(C)cc(C)c1. The van der Waals surface area contributed by atoms with Crippen molar-refractivity contribution in [1.82, 2.24) is 10.2 Å². The lowest BCUT2D eigenvalue weighted by Crippen LogP contribution is -2.51. The Morgan fingerprint density at radius 2 is 1.59 bits per heavy atom. The van der Waals surface area contributed by atoms with E-state index in [0.717, 1.165) is 34.2 Å². The highest BCUT2D eigenvalue weighted by atomic mass is 79.9. The van der Waals surface area contributed by atoms with Crippen LogP contribution in [-0.4, -0.2) is 35.1 Å². The molecule has 3 rings (SSSR count). The van der Waals surface area contributed by atoms with Crippen LogP contribution in [0.2, 0.25) is 0 Å². The van der Waals surface area contributed by atoms with Gasteiger partial charge in [-0.1, -0.05) is 101 Å². The van der Waals surface area contributed by atoms with Gasteiger partial charge in [0.1, 0.15) is 6.04 Å². The molecule has 0 radical (unpaired) electrons. The number of hydrogen-bond acceptors (Lipinski definition) is 3. The van der Waals surface area contributed by atoms with Crippen molar-refractivity contribution in [3.05, 3.63) is 105 Å². The van der Waals surface area contributed by atoms with E-state index in [0.29, 0.717) is 25.3 Å². The monoisotopic (exact) mass is 580 g/mol. The molecule has 196 valence electrons. The molecule has 1 atom stereocenters. The van der Waals surface area contributed by atoms with Gasteiger partial charge in [-0.05, 0) is 49.1 Å². The zero-order valence-corrected chi connectivity index (χ0v) is 24.4. The van der Waals surface area contributed by atoms with Crippen molar-refractivity contribution in [2.24, 2.45) is 0 Å². The van der Waals surface area contributed by atoms with E-state index in [2.05, 4.69) is 60.2 Å². The molecule has 3 aromatic carbocycles. The molecule has 0 aliphatic rings. The third-order valence-corrected chi connectivity index (χ3v) is 7.66. The molecule has 0 aliphatic carbocycles. The van der Waals surface area contributed by atoms with Gasteiger partial charge in [0.05, 0.1) is 5.75 Å². The lowest BCUT2D eigenvalue weighted by atomic mass is 10.0. The number of nitrogens with zero attached hydrogens (tertiary/aromatic N) is 1. The minimum Gasteiger partial charge on any atom is -0.354 e. The number of nitrogens with one attached hydrogen (secondary N) is 1. The number of rotatable bonds is 13. The number of benzene rings is 3. The summed E-state index contributed by atoms with van der Waals surface area (Å²) in [5, 5.41) is 3.08. The summed E-state index contributed by atoms with van der Waals surface area (Å²) in [5.74, 6) is 0.953. The van der Waals surface area contributed by atoms with Crippen LogP contribution in [0.25, 0.3) is 0 Å². The largest absolute Gasteiger partial charge is 0.354 e. The fourth-order valence-electron chi connectivity index (χ4n) is 4.34. The van der Waals surface area contributed by atoms with Crippen LogP contribution in [0.15, 0.2) is 77.3 Å². The summed E-state index contributed by atoms with van der Waals surface area (Å²) in [6, 6.07) is 23.8. The molecule has 0 saturated carbocycles. The topological polar surface area (TPSA) is 49.4 Å². The Morgan fingerprint density at radius 1 is 0.919 bits per heavy atom. The van der Waals surface area contributed by atoms with Crippen LogP contribution >= 0.6 is 27.7 Å². The second-order valence-electron chi connectivity index (χ2n) is 9.49. The zero-order chi connectivity index (χ0) is 26.6. The Hall–Kier alpha value is -2.57. The van der Waals surface area contributed by atoms with Gasteiger partial charge in [0.15, 0.2) is 0 Å². The first-order valence-corrected chi connectivity index (χ1v) is 14.8. The van der Waals surface area contributed by atoms with E-state index in [9.17, 15) is 9.59 Å². The van der Waals surface area contributed by atoms with Crippen molar-refractivity contribution < 1.29 is 9.59 Å². The van der Waals surface area contributed by atoms with Gasteiger partial charge >= 0.3 is 0 Å². The highest BCUT2D eigenvalue weighted by molar-refractivity contribution is 9.10. The lowest BCUT2D eigenvalue weighted by molar-refractivity contribution is -0.139. The Balaban J connectivity index is 1.82. The number of hydrogen-bond donors (Lipinski definition) is 1. The van der Waals surface area contributed by atoms with E-state index in [4.69, 9.17) is 0 Å². The fraction of sp³-hybridized carbons (Fsp3) is 0.355. The first-order valence-electron chi connectivity index (χ1n) is 12.9. The van der Waals surface area contributed by atoms with Crippen LogP contribution < -0.4 is 5.32 Å². The summed E-state index contributed by atoms with van der Waals surface area (Å²) in [6.45, 7) is 7.29. The van der Waals surface area contributed by atoms with Gasteiger partial charge < -0.3 is 10.2 Å². The number of carbonyl (C=O) groups excluding carboxylic acids is 2. The zero-order valence-electron chi connectivity index (χ0n) is 22.0. The van der Waals surface area contributed by atoms with Crippen LogP contribution in [0, 0.1) is 13.8 Å². The van der Waals surface area contributed by atoms with Crippen LogP contribution in [0.5, 0.6) is 0 Å². The highest BCUT2D eigenvalue weighted by Crippen LogP contribution is 2.20. The van der Waals surface area contributed by atoms with Gasteiger partial charge in [0.2, 0.25) is 11.8 Å². The standard InChI is InChI=1S/C31H37BrN2O2S/c1-4-5-15-33-31(36)29(19-25-9-7-6-8-10-25)34(20-26-11-13-28(32)14-12-26)30(35)22-37-21-27-17-23(2)16-24(3)18-27/h6-14,16-18,29H,4-5,15,19-22H2,1-3H3,(H,33,36). The molecule has 3 aromatic rings. The lowest BCUT2D eigenvalue weighted by Gasteiger charge is -2.31. The molecule has 4 nitrogen and oxygen atoms in total. The molecule has 1 N–H and O–H groups in total. The van der Waals surface area contributed by atoms with Gasteiger partial charge in [-0.25, -0.2) is 0 Å². The average Bonchev–Trinajstić information content (AvgIpc) is 2.87. The molecule has 37 heavy (non-hydrogen) atoms. The number of carbonyl (C=O) groups is 2. The van der Waals surface area contributed by atoms with Crippen molar-refractivity contribution >= 4 is 39.5 Å². The maximum absolute atomic E-state index is 13.7. The number of aryl methyl sites for hydroxylation is 2. The molecule has 0 fully saturated rings. The molecular formula is C31H37BrN2O2S. The second-order valence-corrected chi connectivity index (χ2v) is 11.4. The Morgan fingerprint density at radius 3 is 2.24 bits per heavy atom. The number of thioether (sulfide) groups is 1. The summed E-state index contributed by atoms with van der Waals surface area (Å²) in [6.07, 6.45) is 2.39. The smallest absolute Gasteiger partial charge is 0.243 e. The molecule has 0 saturated heterocycles. The third-order valence-electron chi connectivity index (χ3n) is 6.14. The molecule has 0 spiro atoms. The minimum absolute atomic E-state index is 0.0242. The Labute approximate surface area is 234 Å². The fourth-order valence-corrected chi connectivity index (χ4v) is 5.45. The first kappa shape index (κ1) is 29.0. The van der Waals surface area contributed by atoms with Crippen LogP contribution in [-0.2, 0) is 28.3 Å². The molecule has 0 bridgehead atoms. The molecule has 2 amide bonds. The van der Waals surface area contributed by atoms with Crippen LogP contribution in [0.4, 0.5) is 0 Å². The maximum atomic E-state index is 13.7. The van der Waals surface area contributed by atoms with Crippen LogP contribution in [0.1, 0.15) is 47.6 Å². The summed E-state index contributed by atoms with van der Waals surface area (Å²) in [5.41, 5.74) is 5.70. The third kappa shape index (κ3) is 9.67. The van der Waals surface area contributed by atoms with Gasteiger partial charge in [-0.15, -0.1) is 11.8 Å². The van der Waals surface area contributed by atoms with Gasteiger partial charge in [0, 0.05) is 29.7 Å². The molecule has 0 aromatic heterocycles. The normalized spacial score (nSPS) is 11.7. The average molecular weight is 582 g/mol. The van der Waals surface area contributed by atoms with Crippen molar-refractivity contribution in [2.75, 3.05) is 12.3 Å². The van der Waals surface area contributed by atoms with E-state index in [1.54, 1.807) is 16.7 Å². The van der Waals surface area contributed by atoms with E-state index in [1.807, 2.05) is 54.6 Å².